The second kappa shape index (κ2) is 10.0. The molecule has 0 radical (unpaired) electrons. The highest BCUT2D eigenvalue weighted by atomic mass is 35.5. The van der Waals surface area contributed by atoms with Crippen LogP contribution >= 0.6 is 35.8 Å². The van der Waals surface area contributed by atoms with Crippen LogP contribution in [0.4, 0.5) is 0 Å². The lowest BCUT2D eigenvalue weighted by Crippen LogP contribution is -2.42. The molecule has 2 aliphatic rings. The number of amides is 2. The normalized spacial score (nSPS) is 17.1. The summed E-state index contributed by atoms with van der Waals surface area (Å²) >= 11 is 17.1. The minimum absolute atomic E-state index is 0.170. The lowest BCUT2D eigenvalue weighted by Gasteiger charge is -2.30. The minimum atomic E-state index is -0.359. The van der Waals surface area contributed by atoms with Gasteiger partial charge in [0.1, 0.15) is 0 Å². The van der Waals surface area contributed by atoms with Crippen LogP contribution in [0.1, 0.15) is 30.9 Å². The Morgan fingerprint density at radius 1 is 0.829 bits per heavy atom. The van der Waals surface area contributed by atoms with Gasteiger partial charge in [-0.05, 0) is 41.8 Å². The molecule has 184 valence electrons. The molecular weight excluding hydrogens is 501 g/mol. The van der Waals surface area contributed by atoms with Crippen LogP contribution in [0.2, 0.25) is 10.0 Å². The van der Waals surface area contributed by atoms with Gasteiger partial charge in [0, 0.05) is 10.0 Å². The molecule has 0 saturated heterocycles. The summed E-state index contributed by atoms with van der Waals surface area (Å²) in [5.41, 5.74) is 3.63. The number of nitrogens with zero attached hydrogens (tertiary/aromatic N) is 3. The molecule has 0 aromatic heterocycles. The van der Waals surface area contributed by atoms with Crippen LogP contribution in [0, 0.1) is 0 Å². The maximum atomic E-state index is 14.0. The van der Waals surface area contributed by atoms with E-state index in [9.17, 15) is 9.59 Å². The Balaban J connectivity index is 1.96. The molecule has 2 amide bonds. The van der Waals surface area contributed by atoms with E-state index in [0.717, 1.165) is 24.1 Å². The predicted molar refractivity (Wildman–Crippen MR) is 146 cm³/mol. The zero-order valence-corrected chi connectivity index (χ0v) is 22.8. The summed E-state index contributed by atoms with van der Waals surface area (Å²) in [5.74, 6) is -0.374. The Kier molecular flexibility index (Phi) is 7.39. The van der Waals surface area contributed by atoms with Gasteiger partial charge in [0.15, 0.2) is 0 Å². The molecule has 0 aliphatic carbocycles. The Morgan fingerprint density at radius 2 is 1.31 bits per heavy atom. The quantitative estimate of drug-likeness (QED) is 0.358. The van der Waals surface area contributed by atoms with Crippen molar-refractivity contribution in [2.24, 2.45) is 0 Å². The summed E-state index contributed by atoms with van der Waals surface area (Å²) in [4.78, 5) is 31.5. The third kappa shape index (κ3) is 5.03. The molecule has 2 aromatic rings. The monoisotopic (exact) mass is 530 g/mol. The Morgan fingerprint density at radius 3 is 1.80 bits per heavy atom. The molecule has 1 unspecified atom stereocenters. The minimum Gasteiger partial charge on any atom is -0.329 e. The molecule has 2 aromatic carbocycles. The van der Waals surface area contributed by atoms with Gasteiger partial charge in [0.05, 0.1) is 62.1 Å². The van der Waals surface area contributed by atoms with Gasteiger partial charge in [0.2, 0.25) is 0 Å². The first-order valence-electron chi connectivity index (χ1n) is 11.7. The van der Waals surface area contributed by atoms with Crippen LogP contribution in [-0.2, 0) is 9.59 Å². The number of quaternary nitrogens is 1. The van der Waals surface area contributed by atoms with E-state index in [1.54, 1.807) is 34.1 Å². The van der Waals surface area contributed by atoms with Crippen molar-refractivity contribution < 1.29 is 14.1 Å². The highest BCUT2D eigenvalue weighted by Gasteiger charge is 2.50. The van der Waals surface area contributed by atoms with Crippen LogP contribution in [0.5, 0.6) is 0 Å². The number of thiol groups is 1. The molecule has 0 bridgehead atoms. The SMILES string of the molecule is CCCC(S)N1C(=O)C2=C(c3ccc(Cl)cc3)N(CC[N+](C)(C)C)C(=O)C2=C1c1ccc(Cl)cc1. The van der Waals surface area contributed by atoms with Crippen molar-refractivity contribution in [2.45, 2.75) is 25.1 Å². The molecule has 8 heteroatoms. The van der Waals surface area contributed by atoms with Gasteiger partial charge in [-0.2, -0.15) is 12.6 Å². The van der Waals surface area contributed by atoms with Crippen LogP contribution in [0.3, 0.4) is 0 Å². The number of rotatable bonds is 8. The maximum Gasteiger partial charge on any atom is 0.262 e. The van der Waals surface area contributed by atoms with Gasteiger partial charge in [-0.15, -0.1) is 0 Å². The van der Waals surface area contributed by atoms with E-state index in [-0.39, 0.29) is 17.2 Å². The van der Waals surface area contributed by atoms with Crippen molar-refractivity contribution in [1.82, 2.24) is 9.80 Å². The summed E-state index contributed by atoms with van der Waals surface area (Å²) in [5, 5.41) is 0.825. The molecule has 5 nitrogen and oxygen atoms in total. The second-order valence-electron chi connectivity index (χ2n) is 9.88. The third-order valence-corrected chi connectivity index (χ3v) is 7.19. The second-order valence-corrected chi connectivity index (χ2v) is 11.3. The molecule has 0 fully saturated rings. The highest BCUT2D eigenvalue weighted by Crippen LogP contribution is 2.48. The summed E-state index contributed by atoms with van der Waals surface area (Å²) in [6.07, 6.45) is 1.55. The van der Waals surface area contributed by atoms with Gasteiger partial charge in [-0.1, -0.05) is 60.8 Å². The van der Waals surface area contributed by atoms with Crippen LogP contribution in [-0.4, -0.2) is 65.7 Å². The van der Waals surface area contributed by atoms with E-state index in [4.69, 9.17) is 35.8 Å². The first-order valence-corrected chi connectivity index (χ1v) is 13.0. The van der Waals surface area contributed by atoms with Gasteiger partial charge in [-0.25, -0.2) is 0 Å². The first-order chi connectivity index (χ1) is 16.5. The Labute approximate surface area is 222 Å². The molecule has 2 aliphatic heterocycles. The summed E-state index contributed by atoms with van der Waals surface area (Å²) in [7, 11) is 6.24. The van der Waals surface area contributed by atoms with E-state index >= 15 is 0 Å². The molecule has 0 N–H and O–H groups in total. The van der Waals surface area contributed by atoms with Crippen molar-refractivity contribution in [1.29, 1.82) is 0 Å². The zero-order valence-electron chi connectivity index (χ0n) is 20.4. The number of benzene rings is 2. The van der Waals surface area contributed by atoms with Gasteiger partial charge in [0.25, 0.3) is 11.8 Å². The van der Waals surface area contributed by atoms with Crippen molar-refractivity contribution in [2.75, 3.05) is 34.2 Å². The number of carbonyl (C=O) groups is 2. The number of carbonyl (C=O) groups excluding carboxylic acids is 2. The van der Waals surface area contributed by atoms with E-state index in [2.05, 4.69) is 28.1 Å². The largest absolute Gasteiger partial charge is 0.329 e. The average molecular weight is 532 g/mol. The maximum absolute atomic E-state index is 14.0. The number of likely N-dealkylation sites (N-methyl/N-ethyl adjacent to an activating group) is 1. The van der Waals surface area contributed by atoms with E-state index in [0.29, 0.717) is 50.0 Å². The number of hydrogen-bond acceptors (Lipinski definition) is 3. The smallest absolute Gasteiger partial charge is 0.262 e. The molecule has 1 atom stereocenters. The van der Waals surface area contributed by atoms with Crippen LogP contribution in [0.25, 0.3) is 11.4 Å². The fraction of sp³-hybridized carbons (Fsp3) is 0.333. The summed E-state index contributed by atoms with van der Waals surface area (Å²) < 4.78 is 0.686. The number of fused-ring (bicyclic) bond motifs is 1. The first kappa shape index (κ1) is 25.8. The topological polar surface area (TPSA) is 40.6 Å². The molecule has 0 saturated carbocycles. The van der Waals surface area contributed by atoms with Crippen molar-refractivity contribution in [3.63, 3.8) is 0 Å². The Hall–Kier alpha value is -2.25. The van der Waals surface area contributed by atoms with E-state index < -0.39 is 0 Å². The average Bonchev–Trinajstić information content (AvgIpc) is 3.25. The van der Waals surface area contributed by atoms with Gasteiger partial charge >= 0.3 is 0 Å². The molecule has 35 heavy (non-hydrogen) atoms. The fourth-order valence-corrected chi connectivity index (χ4v) is 5.18. The molecule has 0 spiro atoms. The standard InChI is InChI=1S/C27H29Cl2N3O2S/c1-5-6-21(35)31-25(18-9-13-20(29)14-10-18)23-22(27(31)34)24(17-7-11-19(28)12-8-17)30(26(23)33)15-16-32(2,3)4/h7-14,21H,5-6,15-16H2,1-4H3/p+1. The van der Waals surface area contributed by atoms with E-state index in [1.165, 1.54) is 0 Å². The van der Waals surface area contributed by atoms with Crippen LogP contribution in [0.15, 0.2) is 59.7 Å². The predicted octanol–water partition coefficient (Wildman–Crippen LogP) is 5.56. The lowest BCUT2D eigenvalue weighted by atomic mass is 10.0. The van der Waals surface area contributed by atoms with E-state index in [1.807, 2.05) is 24.3 Å². The van der Waals surface area contributed by atoms with Crippen LogP contribution < -0.4 is 0 Å². The zero-order chi connectivity index (χ0) is 25.5. The Bertz CT molecular complexity index is 1210. The molecule has 4 rings (SSSR count). The lowest BCUT2D eigenvalue weighted by molar-refractivity contribution is -0.869. The van der Waals surface area contributed by atoms with Gasteiger partial charge in [-0.3, -0.25) is 14.5 Å². The van der Waals surface area contributed by atoms with Crippen molar-refractivity contribution in [3.05, 3.63) is 80.8 Å². The summed E-state index contributed by atoms with van der Waals surface area (Å²) in [6, 6.07) is 14.5. The number of hydrogen-bond donors (Lipinski definition) is 1. The molecular formula is C27H30Cl2N3O2S+. The highest BCUT2D eigenvalue weighted by molar-refractivity contribution is 7.80. The fourth-order valence-electron chi connectivity index (χ4n) is 4.45. The van der Waals surface area contributed by atoms with Crippen molar-refractivity contribution in [3.8, 4) is 0 Å². The van der Waals surface area contributed by atoms with Crippen molar-refractivity contribution >= 4 is 59.0 Å². The molecule has 2 heterocycles. The number of halogens is 2. The summed E-state index contributed by atoms with van der Waals surface area (Å²) in [6.45, 7) is 3.26. The van der Waals surface area contributed by atoms with Gasteiger partial charge < -0.3 is 9.38 Å². The third-order valence-electron chi connectivity index (χ3n) is 6.20.